The lowest BCUT2D eigenvalue weighted by Crippen LogP contribution is -2.21. The van der Waals surface area contributed by atoms with Crippen LogP contribution in [-0.2, 0) is 6.54 Å². The van der Waals surface area contributed by atoms with Gasteiger partial charge in [-0.15, -0.1) is 24.8 Å². The first kappa shape index (κ1) is 21.0. The number of methoxy groups -OCH3 is 1. The summed E-state index contributed by atoms with van der Waals surface area (Å²) in [5.41, 5.74) is 7.80. The van der Waals surface area contributed by atoms with Crippen molar-refractivity contribution in [3.05, 3.63) is 29.3 Å². The molecule has 0 aliphatic heterocycles. The first-order chi connectivity index (χ1) is 10.8. The molecule has 1 aromatic heterocycles. The van der Waals surface area contributed by atoms with E-state index in [-0.39, 0.29) is 24.8 Å². The molecule has 134 valence electrons. The number of thiazole rings is 1. The van der Waals surface area contributed by atoms with Gasteiger partial charge in [-0.1, -0.05) is 42.7 Å². The van der Waals surface area contributed by atoms with Crippen molar-refractivity contribution in [3.8, 4) is 17.0 Å². The third-order valence-corrected chi connectivity index (χ3v) is 5.16. The molecule has 0 spiro atoms. The summed E-state index contributed by atoms with van der Waals surface area (Å²) in [4.78, 5) is 4.72. The molecule has 1 fully saturated rings. The second-order valence-corrected chi connectivity index (χ2v) is 6.75. The molecule has 1 heterocycles. The van der Waals surface area contributed by atoms with E-state index in [2.05, 4.69) is 11.4 Å². The Labute approximate surface area is 160 Å². The predicted molar refractivity (Wildman–Crippen MR) is 107 cm³/mol. The molecular weight excluding hydrogens is 365 g/mol. The van der Waals surface area contributed by atoms with Crippen LogP contribution < -0.4 is 15.8 Å². The molecule has 0 atom stereocenters. The first-order valence-corrected chi connectivity index (χ1v) is 8.73. The van der Waals surface area contributed by atoms with E-state index in [9.17, 15) is 0 Å². The molecule has 0 amide bonds. The molecule has 4 nitrogen and oxygen atoms in total. The largest absolute Gasteiger partial charge is 0.496 e. The van der Waals surface area contributed by atoms with E-state index in [1.165, 1.54) is 32.1 Å². The third kappa shape index (κ3) is 4.76. The van der Waals surface area contributed by atoms with Gasteiger partial charge in [0.1, 0.15) is 21.5 Å². The van der Waals surface area contributed by atoms with Crippen molar-refractivity contribution < 1.29 is 4.74 Å². The Bertz CT molecular complexity index is 630. The Morgan fingerprint density at radius 1 is 1.21 bits per heavy atom. The first-order valence-electron chi connectivity index (χ1n) is 7.91. The lowest BCUT2D eigenvalue weighted by molar-refractivity contribution is 0.416. The number of aromatic nitrogens is 1. The summed E-state index contributed by atoms with van der Waals surface area (Å²) in [5, 5.41) is 5.78. The number of nitrogens with one attached hydrogen (secondary N) is 1. The van der Waals surface area contributed by atoms with Crippen LogP contribution in [0.3, 0.4) is 0 Å². The minimum absolute atomic E-state index is 0. The van der Waals surface area contributed by atoms with E-state index in [1.807, 2.05) is 18.2 Å². The molecule has 3 N–H and O–H groups in total. The number of nitrogens with zero attached hydrogens (tertiary/aromatic N) is 1. The lowest BCUT2D eigenvalue weighted by Gasteiger charge is -2.23. The monoisotopic (exact) mass is 389 g/mol. The molecule has 3 rings (SSSR count). The minimum atomic E-state index is 0. The minimum Gasteiger partial charge on any atom is -0.496 e. The quantitative estimate of drug-likeness (QED) is 0.765. The molecule has 1 aliphatic carbocycles. The second-order valence-electron chi connectivity index (χ2n) is 5.67. The van der Waals surface area contributed by atoms with Crippen molar-refractivity contribution in [2.45, 2.75) is 44.7 Å². The normalized spacial score (nSPS) is 14.4. The third-order valence-electron chi connectivity index (χ3n) is 4.15. The van der Waals surface area contributed by atoms with E-state index in [0.29, 0.717) is 12.6 Å². The van der Waals surface area contributed by atoms with Gasteiger partial charge in [0.2, 0.25) is 0 Å². The van der Waals surface area contributed by atoms with Gasteiger partial charge >= 0.3 is 0 Å². The number of benzene rings is 1. The Hall–Kier alpha value is -1.01. The molecule has 24 heavy (non-hydrogen) atoms. The van der Waals surface area contributed by atoms with Gasteiger partial charge in [0.05, 0.1) is 7.11 Å². The number of anilines is 1. The average molecular weight is 390 g/mol. The Balaban J connectivity index is 0.00000144. The summed E-state index contributed by atoms with van der Waals surface area (Å²) in [6, 6.07) is 8.58. The highest BCUT2D eigenvalue weighted by Crippen LogP contribution is 2.39. The van der Waals surface area contributed by atoms with E-state index in [0.717, 1.165) is 27.0 Å². The van der Waals surface area contributed by atoms with Crippen molar-refractivity contribution in [3.63, 3.8) is 0 Å². The van der Waals surface area contributed by atoms with E-state index < -0.39 is 0 Å². The number of para-hydroxylation sites is 1. The van der Waals surface area contributed by atoms with Crippen LogP contribution >= 0.6 is 36.2 Å². The fourth-order valence-corrected chi connectivity index (χ4v) is 3.94. The molecule has 2 aromatic rings. The van der Waals surface area contributed by atoms with Crippen LogP contribution in [0.15, 0.2) is 24.3 Å². The maximum Gasteiger partial charge on any atom is 0.128 e. The summed E-state index contributed by atoms with van der Waals surface area (Å²) in [7, 11) is 1.70. The summed E-state index contributed by atoms with van der Waals surface area (Å²) in [5.74, 6) is 0.850. The Kier molecular flexibility index (Phi) is 8.84. The molecule has 1 aromatic carbocycles. The van der Waals surface area contributed by atoms with E-state index in [1.54, 1.807) is 18.4 Å². The molecule has 1 saturated carbocycles. The van der Waals surface area contributed by atoms with Gasteiger partial charge in [0, 0.05) is 18.2 Å². The van der Waals surface area contributed by atoms with E-state index in [4.69, 9.17) is 15.5 Å². The topological polar surface area (TPSA) is 60.2 Å². The van der Waals surface area contributed by atoms with Crippen molar-refractivity contribution in [1.29, 1.82) is 0 Å². The van der Waals surface area contributed by atoms with Crippen LogP contribution in [0.2, 0.25) is 0 Å². The SMILES string of the molecule is COc1ccccc1-c1nc(CN)sc1NC1CCCCC1.Cl.Cl. The zero-order valence-corrected chi connectivity index (χ0v) is 16.2. The van der Waals surface area contributed by atoms with Crippen LogP contribution in [0.1, 0.15) is 37.1 Å². The lowest BCUT2D eigenvalue weighted by atomic mass is 9.95. The number of nitrogens with two attached hydrogens (primary N) is 1. The van der Waals surface area contributed by atoms with Crippen molar-refractivity contribution >= 4 is 41.2 Å². The van der Waals surface area contributed by atoms with Crippen LogP contribution in [-0.4, -0.2) is 18.1 Å². The number of hydrogen-bond acceptors (Lipinski definition) is 5. The van der Waals surface area contributed by atoms with Crippen LogP contribution in [0, 0.1) is 0 Å². The van der Waals surface area contributed by atoms with Gasteiger partial charge < -0.3 is 15.8 Å². The van der Waals surface area contributed by atoms with Crippen molar-refractivity contribution in [2.24, 2.45) is 5.73 Å². The highest BCUT2D eigenvalue weighted by Gasteiger charge is 2.20. The maximum atomic E-state index is 5.80. The fraction of sp³-hybridized carbons (Fsp3) is 0.471. The number of halogens is 2. The fourth-order valence-electron chi connectivity index (χ4n) is 3.00. The highest BCUT2D eigenvalue weighted by molar-refractivity contribution is 7.16. The number of rotatable bonds is 5. The molecule has 0 radical (unpaired) electrons. The smallest absolute Gasteiger partial charge is 0.128 e. The second kappa shape index (κ2) is 10.1. The Morgan fingerprint density at radius 3 is 2.58 bits per heavy atom. The maximum absolute atomic E-state index is 5.80. The zero-order chi connectivity index (χ0) is 15.4. The highest BCUT2D eigenvalue weighted by atomic mass is 35.5. The summed E-state index contributed by atoms with van der Waals surface area (Å²) >= 11 is 1.66. The average Bonchev–Trinajstić information content (AvgIpc) is 2.98. The van der Waals surface area contributed by atoms with Crippen molar-refractivity contribution in [1.82, 2.24) is 4.98 Å². The summed E-state index contributed by atoms with van der Waals surface area (Å²) in [6.07, 6.45) is 6.45. The molecule has 0 saturated heterocycles. The van der Waals surface area contributed by atoms with Gasteiger partial charge in [0.15, 0.2) is 0 Å². The standard InChI is InChI=1S/C17H23N3OS.2ClH/c1-21-14-10-6-5-9-13(14)16-17(22-15(11-18)20-16)19-12-7-3-2-4-8-12;;/h5-6,9-10,12,19H,2-4,7-8,11,18H2,1H3;2*1H. The molecule has 7 heteroatoms. The molecule has 1 aliphatic rings. The van der Waals surface area contributed by atoms with Gasteiger partial charge in [0.25, 0.3) is 0 Å². The van der Waals surface area contributed by atoms with Gasteiger partial charge in [-0.05, 0) is 25.0 Å². The Morgan fingerprint density at radius 2 is 1.92 bits per heavy atom. The molecular formula is C17H25Cl2N3OS. The summed E-state index contributed by atoms with van der Waals surface area (Å²) < 4.78 is 5.49. The van der Waals surface area contributed by atoms with Gasteiger partial charge in [-0.3, -0.25) is 0 Å². The van der Waals surface area contributed by atoms with Crippen LogP contribution in [0.25, 0.3) is 11.3 Å². The molecule has 0 bridgehead atoms. The van der Waals surface area contributed by atoms with Gasteiger partial charge in [-0.2, -0.15) is 0 Å². The van der Waals surface area contributed by atoms with E-state index >= 15 is 0 Å². The predicted octanol–water partition coefficient (Wildman–Crippen LogP) is 4.87. The number of hydrogen-bond donors (Lipinski definition) is 2. The van der Waals surface area contributed by atoms with Crippen LogP contribution in [0.4, 0.5) is 5.00 Å². The summed E-state index contributed by atoms with van der Waals surface area (Å²) in [6.45, 7) is 0.471. The zero-order valence-electron chi connectivity index (χ0n) is 13.8. The van der Waals surface area contributed by atoms with Gasteiger partial charge in [-0.25, -0.2) is 4.98 Å². The number of ether oxygens (including phenoxy) is 1. The molecule has 0 unspecified atom stereocenters. The van der Waals surface area contributed by atoms with Crippen LogP contribution in [0.5, 0.6) is 5.75 Å². The van der Waals surface area contributed by atoms with Crippen molar-refractivity contribution in [2.75, 3.05) is 12.4 Å².